The zero-order valence-electron chi connectivity index (χ0n) is 26.6. The molecule has 0 atom stereocenters. The van der Waals surface area contributed by atoms with Gasteiger partial charge in [0, 0.05) is 44.2 Å². The Morgan fingerprint density at radius 1 is 0.408 bits per heavy atom. The Kier molecular flexibility index (Phi) is 6.18. The second-order valence-corrected chi connectivity index (χ2v) is 12.6. The first-order valence-electron chi connectivity index (χ1n) is 16.7. The van der Waals surface area contributed by atoms with Gasteiger partial charge in [-0.3, -0.25) is 0 Å². The Bertz CT molecular complexity index is 2830. The van der Waals surface area contributed by atoms with Gasteiger partial charge in [-0.25, -0.2) is 0 Å². The third-order valence-corrected chi connectivity index (χ3v) is 9.74. The molecule has 3 nitrogen and oxygen atoms in total. The number of aromatic nitrogens is 1. The van der Waals surface area contributed by atoms with E-state index in [1.807, 2.05) is 12.1 Å². The van der Waals surface area contributed by atoms with Crippen molar-refractivity contribution in [2.75, 3.05) is 4.90 Å². The molecule has 0 aliphatic carbocycles. The van der Waals surface area contributed by atoms with Gasteiger partial charge >= 0.3 is 0 Å². The van der Waals surface area contributed by atoms with Gasteiger partial charge in [0.2, 0.25) is 0 Å². The van der Waals surface area contributed by atoms with Crippen LogP contribution in [0.15, 0.2) is 186 Å². The van der Waals surface area contributed by atoms with Crippen molar-refractivity contribution in [2.45, 2.75) is 0 Å². The highest BCUT2D eigenvalue weighted by atomic mass is 16.3. The molecule has 0 aliphatic rings. The van der Waals surface area contributed by atoms with Crippen LogP contribution in [0.2, 0.25) is 0 Å². The predicted octanol–water partition coefficient (Wildman–Crippen LogP) is 13.0. The van der Waals surface area contributed by atoms with E-state index < -0.39 is 0 Å². The molecule has 0 saturated carbocycles. The summed E-state index contributed by atoms with van der Waals surface area (Å²) >= 11 is 0. The highest BCUT2D eigenvalue weighted by Gasteiger charge is 2.20. The molecule has 230 valence electrons. The van der Waals surface area contributed by atoms with Crippen molar-refractivity contribution in [1.82, 2.24) is 4.57 Å². The van der Waals surface area contributed by atoms with Crippen molar-refractivity contribution in [3.63, 3.8) is 0 Å². The molecule has 0 amide bonds. The van der Waals surface area contributed by atoms with E-state index >= 15 is 0 Å². The van der Waals surface area contributed by atoms with E-state index in [9.17, 15) is 0 Å². The Morgan fingerprint density at radius 2 is 1.08 bits per heavy atom. The van der Waals surface area contributed by atoms with Crippen LogP contribution < -0.4 is 4.90 Å². The second-order valence-electron chi connectivity index (χ2n) is 12.6. The van der Waals surface area contributed by atoms with Crippen LogP contribution in [0.25, 0.3) is 71.3 Å². The second kappa shape index (κ2) is 11.0. The lowest BCUT2D eigenvalue weighted by Gasteiger charge is -2.28. The number of hydrogen-bond donors (Lipinski definition) is 0. The molecule has 0 aliphatic heterocycles. The minimum Gasteiger partial charge on any atom is -0.456 e. The van der Waals surface area contributed by atoms with E-state index in [4.69, 9.17) is 4.42 Å². The number of para-hydroxylation sites is 4. The Morgan fingerprint density at radius 3 is 1.96 bits per heavy atom. The number of fused-ring (bicyclic) bond motifs is 7. The summed E-state index contributed by atoms with van der Waals surface area (Å²) in [6.45, 7) is 0. The molecule has 0 bridgehead atoms. The summed E-state index contributed by atoms with van der Waals surface area (Å²) < 4.78 is 8.61. The summed E-state index contributed by atoms with van der Waals surface area (Å²) in [5.74, 6) is 0. The molecule has 10 rings (SSSR count). The third kappa shape index (κ3) is 4.44. The van der Waals surface area contributed by atoms with Crippen molar-refractivity contribution < 1.29 is 4.42 Å². The van der Waals surface area contributed by atoms with Crippen molar-refractivity contribution in [2.24, 2.45) is 0 Å². The van der Waals surface area contributed by atoms with Crippen LogP contribution in [0, 0.1) is 0 Å². The van der Waals surface area contributed by atoms with Gasteiger partial charge in [-0.1, -0.05) is 109 Å². The lowest BCUT2D eigenvalue weighted by Crippen LogP contribution is -2.11. The minimum absolute atomic E-state index is 0.910. The number of anilines is 3. The van der Waals surface area contributed by atoms with Crippen molar-refractivity contribution in [3.8, 4) is 16.8 Å². The molecule has 10 aromatic rings. The molecular weight excluding hydrogens is 597 g/mol. The fraction of sp³-hybridized carbons (Fsp3) is 0. The smallest absolute Gasteiger partial charge is 0.136 e. The maximum atomic E-state index is 6.24. The number of hydrogen-bond acceptors (Lipinski definition) is 2. The Labute approximate surface area is 283 Å². The molecular formula is C46H30N2O. The van der Waals surface area contributed by atoms with E-state index in [-0.39, 0.29) is 0 Å². The van der Waals surface area contributed by atoms with Crippen LogP contribution in [-0.4, -0.2) is 4.57 Å². The zero-order chi connectivity index (χ0) is 32.3. The lowest BCUT2D eigenvalue weighted by molar-refractivity contribution is 0.669. The molecule has 49 heavy (non-hydrogen) atoms. The number of nitrogens with zero attached hydrogens (tertiary/aromatic N) is 2. The lowest BCUT2D eigenvalue weighted by atomic mass is 10.0. The van der Waals surface area contributed by atoms with E-state index in [0.717, 1.165) is 50.1 Å². The maximum Gasteiger partial charge on any atom is 0.136 e. The van der Waals surface area contributed by atoms with Crippen LogP contribution >= 0.6 is 0 Å². The normalized spacial score (nSPS) is 11.7. The van der Waals surface area contributed by atoms with Gasteiger partial charge in [-0.15, -0.1) is 0 Å². The summed E-state index contributed by atoms with van der Waals surface area (Å²) in [5.41, 5.74) is 11.0. The predicted molar refractivity (Wildman–Crippen MR) is 206 cm³/mol. The Balaban J connectivity index is 1.23. The summed E-state index contributed by atoms with van der Waals surface area (Å²) in [4.78, 5) is 2.41. The molecule has 0 radical (unpaired) electrons. The van der Waals surface area contributed by atoms with Gasteiger partial charge in [0.1, 0.15) is 11.2 Å². The van der Waals surface area contributed by atoms with E-state index in [2.05, 4.69) is 179 Å². The molecule has 0 unspecified atom stereocenters. The highest BCUT2D eigenvalue weighted by molar-refractivity contribution is 6.12. The molecule has 2 aromatic heterocycles. The number of benzene rings is 8. The summed E-state index contributed by atoms with van der Waals surface area (Å²) in [5, 5.41) is 7.02. The monoisotopic (exact) mass is 626 g/mol. The average Bonchev–Trinajstić information content (AvgIpc) is 3.70. The van der Waals surface area contributed by atoms with E-state index in [0.29, 0.717) is 0 Å². The molecule has 0 spiro atoms. The van der Waals surface area contributed by atoms with Crippen molar-refractivity contribution >= 4 is 71.6 Å². The average molecular weight is 627 g/mol. The fourth-order valence-electron chi connectivity index (χ4n) is 7.51. The van der Waals surface area contributed by atoms with Crippen LogP contribution in [0.3, 0.4) is 0 Å². The molecule has 0 N–H and O–H groups in total. The summed E-state index contributed by atoms with van der Waals surface area (Å²) in [6, 6.07) is 65.1. The standard InChI is InChI=1S/C46H30N2O/c1-3-13-31(14-4-1)37-17-7-10-20-42(37)47(35-24-23-32-29-46-41(28-33(32)27-35)39-19-9-12-22-45(39)49-46)36-25-26-44-40(30-36)38-18-8-11-21-43(38)48(44)34-15-5-2-6-16-34/h1-30H. The van der Waals surface area contributed by atoms with Crippen LogP contribution in [0.5, 0.6) is 0 Å². The molecule has 0 fully saturated rings. The molecule has 8 aromatic carbocycles. The van der Waals surface area contributed by atoms with Gasteiger partial charge < -0.3 is 13.9 Å². The maximum absolute atomic E-state index is 6.24. The zero-order valence-corrected chi connectivity index (χ0v) is 26.6. The van der Waals surface area contributed by atoms with E-state index in [1.54, 1.807) is 0 Å². The molecule has 2 heterocycles. The van der Waals surface area contributed by atoms with Crippen molar-refractivity contribution in [3.05, 3.63) is 182 Å². The number of rotatable bonds is 5. The SMILES string of the molecule is c1ccc(-c2ccccc2N(c2ccc3cc4oc5ccccc5c4cc3c2)c2ccc3c(c2)c2ccccc2n3-c2ccccc2)cc1. The fourth-order valence-corrected chi connectivity index (χ4v) is 7.51. The minimum atomic E-state index is 0.910. The first-order valence-corrected chi connectivity index (χ1v) is 16.7. The quantitative estimate of drug-likeness (QED) is 0.190. The van der Waals surface area contributed by atoms with E-state index in [1.165, 1.54) is 38.3 Å². The summed E-state index contributed by atoms with van der Waals surface area (Å²) in [6.07, 6.45) is 0. The summed E-state index contributed by atoms with van der Waals surface area (Å²) in [7, 11) is 0. The van der Waals surface area contributed by atoms with Gasteiger partial charge in [0.05, 0.1) is 16.7 Å². The molecule has 3 heteroatoms. The van der Waals surface area contributed by atoms with Gasteiger partial charge in [-0.2, -0.15) is 0 Å². The topological polar surface area (TPSA) is 21.3 Å². The van der Waals surface area contributed by atoms with Crippen LogP contribution in [-0.2, 0) is 0 Å². The highest BCUT2D eigenvalue weighted by Crippen LogP contribution is 2.44. The van der Waals surface area contributed by atoms with Gasteiger partial charge in [0.15, 0.2) is 0 Å². The van der Waals surface area contributed by atoms with Gasteiger partial charge in [-0.05, 0) is 89.1 Å². The number of furan rings is 1. The van der Waals surface area contributed by atoms with Gasteiger partial charge in [0.25, 0.3) is 0 Å². The first-order chi connectivity index (χ1) is 24.3. The Hall–Kier alpha value is -6.58. The van der Waals surface area contributed by atoms with Crippen molar-refractivity contribution in [1.29, 1.82) is 0 Å². The van der Waals surface area contributed by atoms with Crippen LogP contribution in [0.4, 0.5) is 17.1 Å². The third-order valence-electron chi connectivity index (χ3n) is 9.74. The van der Waals surface area contributed by atoms with Crippen LogP contribution in [0.1, 0.15) is 0 Å². The largest absolute Gasteiger partial charge is 0.456 e. The first kappa shape index (κ1) is 27.5. The molecule has 0 saturated heterocycles.